The average Bonchev–Trinajstić information content (AvgIpc) is 3.11. The van der Waals surface area contributed by atoms with Gasteiger partial charge in [-0.25, -0.2) is 4.98 Å². The van der Waals surface area contributed by atoms with Gasteiger partial charge in [0.1, 0.15) is 17.4 Å². The summed E-state index contributed by atoms with van der Waals surface area (Å²) >= 11 is 1.70. The van der Waals surface area contributed by atoms with Crippen LogP contribution in [0.2, 0.25) is 0 Å². The Morgan fingerprint density at radius 1 is 1.38 bits per heavy atom. The van der Waals surface area contributed by atoms with Crippen molar-refractivity contribution in [3.8, 4) is 0 Å². The number of aliphatic hydroxyl groups excluding tert-OH is 1. The van der Waals surface area contributed by atoms with Crippen molar-refractivity contribution in [3.63, 3.8) is 0 Å². The first-order chi connectivity index (χ1) is 10.3. The highest BCUT2D eigenvalue weighted by atomic mass is 32.1. The van der Waals surface area contributed by atoms with E-state index in [-0.39, 0.29) is 0 Å². The molecular formula is C15H18N4OS. The van der Waals surface area contributed by atoms with Gasteiger partial charge in [0, 0.05) is 6.04 Å². The third kappa shape index (κ3) is 2.06. The largest absolute Gasteiger partial charge is 0.385 e. The zero-order valence-corrected chi connectivity index (χ0v) is 12.7. The summed E-state index contributed by atoms with van der Waals surface area (Å²) in [6.45, 7) is 3.82. The van der Waals surface area contributed by atoms with Crippen LogP contribution in [0.5, 0.6) is 0 Å². The van der Waals surface area contributed by atoms with Gasteiger partial charge in [-0.3, -0.25) is 4.98 Å². The molecule has 21 heavy (non-hydrogen) atoms. The van der Waals surface area contributed by atoms with Crippen molar-refractivity contribution in [1.29, 1.82) is 0 Å². The van der Waals surface area contributed by atoms with Crippen LogP contribution in [-0.2, 0) is 0 Å². The van der Waals surface area contributed by atoms with Crippen LogP contribution in [0, 0.1) is 0 Å². The molecule has 2 N–H and O–H groups in total. The number of imidazole rings is 1. The van der Waals surface area contributed by atoms with Gasteiger partial charge in [-0.1, -0.05) is 0 Å². The highest BCUT2D eigenvalue weighted by Crippen LogP contribution is 2.35. The fourth-order valence-corrected chi connectivity index (χ4v) is 4.11. The van der Waals surface area contributed by atoms with E-state index in [1.807, 2.05) is 12.3 Å². The zero-order chi connectivity index (χ0) is 14.4. The Labute approximate surface area is 126 Å². The van der Waals surface area contributed by atoms with E-state index in [9.17, 15) is 5.11 Å². The third-order valence-corrected chi connectivity index (χ3v) is 5.11. The number of thiophene rings is 1. The molecule has 0 bridgehead atoms. The van der Waals surface area contributed by atoms with Crippen LogP contribution in [-0.4, -0.2) is 32.7 Å². The zero-order valence-electron chi connectivity index (χ0n) is 11.9. The van der Waals surface area contributed by atoms with Gasteiger partial charge in [-0.15, -0.1) is 11.3 Å². The SMILES string of the molecule is CC(O)c1nc2cnc3ccsc3c2n1C1CCNCC1. The molecule has 0 saturated carbocycles. The van der Waals surface area contributed by atoms with E-state index < -0.39 is 6.10 Å². The van der Waals surface area contributed by atoms with Crippen molar-refractivity contribution in [2.24, 2.45) is 0 Å². The highest BCUT2D eigenvalue weighted by molar-refractivity contribution is 7.18. The number of aromatic nitrogens is 3. The molecule has 0 radical (unpaired) electrons. The quantitative estimate of drug-likeness (QED) is 0.764. The van der Waals surface area contributed by atoms with Gasteiger partial charge < -0.3 is 15.0 Å². The molecule has 4 heterocycles. The fraction of sp³-hybridized carbons (Fsp3) is 0.467. The van der Waals surface area contributed by atoms with Crippen LogP contribution >= 0.6 is 11.3 Å². The first kappa shape index (κ1) is 13.2. The lowest BCUT2D eigenvalue weighted by Crippen LogP contribution is -2.30. The smallest absolute Gasteiger partial charge is 0.138 e. The van der Waals surface area contributed by atoms with Crippen LogP contribution < -0.4 is 5.32 Å². The molecule has 1 aliphatic rings. The van der Waals surface area contributed by atoms with E-state index in [1.165, 1.54) is 4.70 Å². The molecular weight excluding hydrogens is 284 g/mol. The van der Waals surface area contributed by atoms with Gasteiger partial charge >= 0.3 is 0 Å². The number of nitrogens with one attached hydrogen (secondary N) is 1. The molecule has 4 rings (SSSR count). The van der Waals surface area contributed by atoms with E-state index in [1.54, 1.807) is 18.3 Å². The van der Waals surface area contributed by atoms with E-state index in [0.717, 1.165) is 48.3 Å². The van der Waals surface area contributed by atoms with Crippen molar-refractivity contribution in [2.75, 3.05) is 13.1 Å². The summed E-state index contributed by atoms with van der Waals surface area (Å²) in [5.41, 5.74) is 3.04. The topological polar surface area (TPSA) is 63.0 Å². The summed E-state index contributed by atoms with van der Waals surface area (Å²) in [6.07, 6.45) is 3.40. The van der Waals surface area contributed by atoms with Gasteiger partial charge in [-0.05, 0) is 44.3 Å². The number of aliphatic hydroxyl groups is 1. The van der Waals surface area contributed by atoms with Gasteiger partial charge in [0.2, 0.25) is 0 Å². The lowest BCUT2D eigenvalue weighted by molar-refractivity contribution is 0.179. The molecule has 3 aromatic rings. The van der Waals surface area contributed by atoms with Crippen molar-refractivity contribution in [2.45, 2.75) is 31.9 Å². The summed E-state index contributed by atoms with van der Waals surface area (Å²) in [6, 6.07) is 2.44. The van der Waals surface area contributed by atoms with Crippen LogP contribution in [0.1, 0.15) is 37.7 Å². The first-order valence-corrected chi connectivity index (χ1v) is 8.26. The number of hydrogen-bond donors (Lipinski definition) is 2. The summed E-state index contributed by atoms with van der Waals surface area (Å²) < 4.78 is 3.44. The van der Waals surface area contributed by atoms with Crippen LogP contribution in [0.15, 0.2) is 17.6 Å². The van der Waals surface area contributed by atoms with Crippen molar-refractivity contribution in [1.82, 2.24) is 19.9 Å². The molecule has 0 aliphatic carbocycles. The Kier molecular flexibility index (Phi) is 3.17. The molecule has 1 aliphatic heterocycles. The van der Waals surface area contributed by atoms with Crippen molar-refractivity contribution >= 4 is 32.6 Å². The molecule has 1 unspecified atom stereocenters. The van der Waals surface area contributed by atoms with Gasteiger partial charge in [0.15, 0.2) is 0 Å². The predicted octanol–water partition coefficient (Wildman–Crippen LogP) is 2.62. The summed E-state index contributed by atoms with van der Waals surface area (Å²) in [5.74, 6) is 0.764. The fourth-order valence-electron chi connectivity index (χ4n) is 3.23. The van der Waals surface area contributed by atoms with E-state index in [0.29, 0.717) is 6.04 Å². The average molecular weight is 302 g/mol. The number of hydrogen-bond acceptors (Lipinski definition) is 5. The first-order valence-electron chi connectivity index (χ1n) is 7.38. The number of pyridine rings is 1. The Morgan fingerprint density at radius 3 is 2.95 bits per heavy atom. The minimum atomic E-state index is -0.567. The molecule has 110 valence electrons. The standard InChI is InChI=1S/C15H18N4OS/c1-9(20)15-18-12-8-17-11-4-7-21-14(11)13(12)19(15)10-2-5-16-6-3-10/h4,7-10,16,20H,2-3,5-6H2,1H3. The number of piperidine rings is 1. The summed E-state index contributed by atoms with van der Waals surface area (Å²) in [5, 5.41) is 15.6. The highest BCUT2D eigenvalue weighted by Gasteiger charge is 2.25. The van der Waals surface area contributed by atoms with E-state index >= 15 is 0 Å². The Morgan fingerprint density at radius 2 is 2.19 bits per heavy atom. The third-order valence-electron chi connectivity index (χ3n) is 4.20. The minimum absolute atomic E-state index is 0.397. The molecule has 0 amide bonds. The second-order valence-corrected chi connectivity index (χ2v) is 6.54. The van der Waals surface area contributed by atoms with Crippen LogP contribution in [0.3, 0.4) is 0 Å². The number of nitrogens with zero attached hydrogens (tertiary/aromatic N) is 3. The number of rotatable bonds is 2. The Hall–Kier alpha value is -1.50. The summed E-state index contributed by atoms with van der Waals surface area (Å²) in [7, 11) is 0. The lowest BCUT2D eigenvalue weighted by atomic mass is 10.1. The number of fused-ring (bicyclic) bond motifs is 3. The Balaban J connectivity index is 2.03. The van der Waals surface area contributed by atoms with Gasteiger partial charge in [-0.2, -0.15) is 0 Å². The maximum atomic E-state index is 10.1. The molecule has 3 aromatic heterocycles. The second kappa shape index (κ2) is 5.05. The second-order valence-electron chi connectivity index (χ2n) is 5.62. The molecule has 6 heteroatoms. The maximum Gasteiger partial charge on any atom is 0.138 e. The molecule has 1 atom stereocenters. The molecule has 0 spiro atoms. The van der Waals surface area contributed by atoms with E-state index in [2.05, 4.69) is 25.2 Å². The maximum absolute atomic E-state index is 10.1. The van der Waals surface area contributed by atoms with Crippen molar-refractivity contribution < 1.29 is 5.11 Å². The Bertz CT molecular complexity index is 786. The monoisotopic (exact) mass is 302 g/mol. The molecule has 0 aromatic carbocycles. The minimum Gasteiger partial charge on any atom is -0.385 e. The lowest BCUT2D eigenvalue weighted by Gasteiger charge is -2.27. The molecule has 1 fully saturated rings. The van der Waals surface area contributed by atoms with Crippen molar-refractivity contribution in [3.05, 3.63) is 23.5 Å². The predicted molar refractivity (Wildman–Crippen MR) is 84.7 cm³/mol. The van der Waals surface area contributed by atoms with Gasteiger partial charge in [0.05, 0.1) is 21.9 Å². The normalized spacial score (nSPS) is 18.6. The van der Waals surface area contributed by atoms with Crippen LogP contribution in [0.25, 0.3) is 21.3 Å². The van der Waals surface area contributed by atoms with Crippen LogP contribution in [0.4, 0.5) is 0 Å². The molecule has 5 nitrogen and oxygen atoms in total. The van der Waals surface area contributed by atoms with Gasteiger partial charge in [0.25, 0.3) is 0 Å². The summed E-state index contributed by atoms with van der Waals surface area (Å²) in [4.78, 5) is 9.12. The van der Waals surface area contributed by atoms with E-state index in [4.69, 9.17) is 0 Å². The molecule has 1 saturated heterocycles.